The molecule has 0 spiro atoms. The van der Waals surface area contributed by atoms with E-state index in [2.05, 4.69) is 15.4 Å². The van der Waals surface area contributed by atoms with Crippen molar-refractivity contribution in [2.45, 2.75) is 12.8 Å². The van der Waals surface area contributed by atoms with E-state index in [0.29, 0.717) is 83.9 Å². The highest BCUT2D eigenvalue weighted by atomic mass is 19.1. The summed E-state index contributed by atoms with van der Waals surface area (Å²) in [6.07, 6.45) is 0.454. The van der Waals surface area contributed by atoms with E-state index in [1.165, 1.54) is 6.07 Å². The van der Waals surface area contributed by atoms with E-state index in [1.807, 2.05) is 35.2 Å². The van der Waals surface area contributed by atoms with Gasteiger partial charge in [-0.05, 0) is 24.6 Å². The number of carbonyl (C=O) groups is 2. The molecule has 2 N–H and O–H groups in total. The Bertz CT molecular complexity index is 1520. The number of hydrogen-bond donors (Lipinski definition) is 2. The van der Waals surface area contributed by atoms with Crippen molar-refractivity contribution < 1.29 is 23.6 Å². The molecule has 9 heteroatoms. The maximum absolute atomic E-state index is 14.3. The van der Waals surface area contributed by atoms with Gasteiger partial charge in [0.2, 0.25) is 0 Å². The number of piperazine rings is 1. The largest absolute Gasteiger partial charge is 0.481 e. The second-order valence-corrected chi connectivity index (χ2v) is 9.28. The summed E-state index contributed by atoms with van der Waals surface area (Å²) in [6.45, 7) is 2.92. The van der Waals surface area contributed by atoms with E-state index < -0.39 is 5.97 Å². The summed E-state index contributed by atoms with van der Waals surface area (Å²) >= 11 is 0. The van der Waals surface area contributed by atoms with Crippen LogP contribution in [0.3, 0.4) is 0 Å². The Morgan fingerprint density at radius 3 is 2.41 bits per heavy atom. The molecule has 37 heavy (non-hydrogen) atoms. The molecular formula is C28H25FN4O4. The molecule has 4 aromatic rings. The monoisotopic (exact) mass is 500 g/mol. The van der Waals surface area contributed by atoms with Crippen molar-refractivity contribution in [2.75, 3.05) is 47.8 Å². The summed E-state index contributed by atoms with van der Waals surface area (Å²) in [6, 6.07) is 16.0. The molecule has 0 radical (unpaired) electrons. The molecule has 0 amide bonds. The van der Waals surface area contributed by atoms with Gasteiger partial charge in [-0.15, -0.1) is 0 Å². The second kappa shape index (κ2) is 9.24. The number of carboxylic acids is 1. The zero-order chi connectivity index (χ0) is 25.5. The van der Waals surface area contributed by atoms with Crippen molar-refractivity contribution >= 4 is 39.7 Å². The van der Waals surface area contributed by atoms with Gasteiger partial charge in [0.25, 0.3) is 0 Å². The molecule has 0 atom stereocenters. The first-order chi connectivity index (χ1) is 18.0. The molecule has 3 aromatic carbocycles. The molecule has 0 bridgehead atoms. The lowest BCUT2D eigenvalue weighted by atomic mass is 9.86. The van der Waals surface area contributed by atoms with Gasteiger partial charge in [-0.25, -0.2) is 4.39 Å². The first kappa shape index (κ1) is 23.0. The van der Waals surface area contributed by atoms with Gasteiger partial charge in [0, 0.05) is 56.0 Å². The number of halogens is 1. The van der Waals surface area contributed by atoms with Gasteiger partial charge in [-0.3, -0.25) is 9.59 Å². The third kappa shape index (κ3) is 3.96. The number of carboxylic acid groups (broad SMARTS) is 1. The normalized spacial score (nSPS) is 14.7. The number of carbonyl (C=O) groups excluding carboxylic acids is 1. The standard InChI is InChI=1S/C28H25FN4O4/c29-19-8-3-4-9-21(19)32-12-14-33(15-13-32)22-16-20(30-11-5-10-23(34)35)24-25-26(22)31-37-28(25)18-7-2-1-6-17(18)27(24)36/h1-4,6-9,16,30H,5,10-15H2,(H,34,35). The van der Waals surface area contributed by atoms with Crippen molar-refractivity contribution in [3.05, 3.63) is 71.5 Å². The average molecular weight is 501 g/mol. The fourth-order valence-corrected chi connectivity index (χ4v) is 5.28. The minimum Gasteiger partial charge on any atom is -0.481 e. The molecular weight excluding hydrogens is 475 g/mol. The average Bonchev–Trinajstić information content (AvgIpc) is 3.35. The van der Waals surface area contributed by atoms with Crippen LogP contribution in [0.15, 0.2) is 59.1 Å². The number of nitrogens with zero attached hydrogens (tertiary/aromatic N) is 3. The third-order valence-corrected chi connectivity index (χ3v) is 7.07. The molecule has 188 valence electrons. The van der Waals surface area contributed by atoms with Crippen LogP contribution in [0.5, 0.6) is 0 Å². The van der Waals surface area contributed by atoms with Crippen LogP contribution in [-0.4, -0.2) is 54.7 Å². The maximum Gasteiger partial charge on any atom is 0.303 e. The zero-order valence-electron chi connectivity index (χ0n) is 20.0. The summed E-state index contributed by atoms with van der Waals surface area (Å²) in [7, 11) is 0. The Kier molecular flexibility index (Phi) is 5.75. The molecule has 1 fully saturated rings. The lowest BCUT2D eigenvalue weighted by molar-refractivity contribution is -0.137. The predicted octanol–water partition coefficient (Wildman–Crippen LogP) is 4.78. The second-order valence-electron chi connectivity index (χ2n) is 9.28. The van der Waals surface area contributed by atoms with Crippen molar-refractivity contribution in [1.82, 2.24) is 5.16 Å². The van der Waals surface area contributed by atoms with Crippen LogP contribution in [0.25, 0.3) is 22.2 Å². The molecule has 0 saturated carbocycles. The summed E-state index contributed by atoms with van der Waals surface area (Å²) in [5.41, 5.74) is 4.41. The van der Waals surface area contributed by atoms with Crippen LogP contribution in [0.1, 0.15) is 28.8 Å². The van der Waals surface area contributed by atoms with Crippen LogP contribution < -0.4 is 15.1 Å². The first-order valence-corrected chi connectivity index (χ1v) is 12.3. The van der Waals surface area contributed by atoms with Gasteiger partial charge >= 0.3 is 5.97 Å². The van der Waals surface area contributed by atoms with Crippen molar-refractivity contribution in [2.24, 2.45) is 0 Å². The number of nitrogens with one attached hydrogen (secondary N) is 1. The van der Waals surface area contributed by atoms with Crippen LogP contribution in [0, 0.1) is 5.82 Å². The van der Waals surface area contributed by atoms with Crippen LogP contribution in [0.4, 0.5) is 21.5 Å². The van der Waals surface area contributed by atoms with Gasteiger partial charge in [-0.1, -0.05) is 41.6 Å². The number of hydrogen-bond acceptors (Lipinski definition) is 7. The highest BCUT2D eigenvalue weighted by Crippen LogP contribution is 2.46. The predicted molar refractivity (Wildman–Crippen MR) is 139 cm³/mol. The fraction of sp³-hybridized carbons (Fsp3) is 0.250. The van der Waals surface area contributed by atoms with Gasteiger partial charge in [0.15, 0.2) is 11.5 Å². The summed E-state index contributed by atoms with van der Waals surface area (Å²) in [5, 5.41) is 17.4. The molecule has 1 aromatic heterocycles. The van der Waals surface area contributed by atoms with E-state index in [9.17, 15) is 14.0 Å². The number of ketones is 1. The number of anilines is 3. The summed E-state index contributed by atoms with van der Waals surface area (Å²) in [4.78, 5) is 28.8. The van der Waals surface area contributed by atoms with E-state index in [-0.39, 0.29) is 18.0 Å². The number of benzene rings is 3. The molecule has 1 aliphatic heterocycles. The molecule has 1 saturated heterocycles. The summed E-state index contributed by atoms with van der Waals surface area (Å²) < 4.78 is 20.2. The lowest BCUT2D eigenvalue weighted by Crippen LogP contribution is -2.47. The Morgan fingerprint density at radius 2 is 1.68 bits per heavy atom. The van der Waals surface area contributed by atoms with E-state index in [4.69, 9.17) is 9.63 Å². The SMILES string of the molecule is O=C(O)CCCNc1cc(N2CCN(c3ccccc3F)CC2)c2noc3c2c1C(=O)c1ccccc1-3. The number of rotatable bonds is 7. The number of aliphatic carboxylic acids is 1. The topological polar surface area (TPSA) is 98.9 Å². The Labute approximate surface area is 212 Å². The third-order valence-electron chi connectivity index (χ3n) is 7.07. The molecule has 0 unspecified atom stereocenters. The Balaban J connectivity index is 1.38. The van der Waals surface area contributed by atoms with Gasteiger partial charge in [0.1, 0.15) is 11.3 Å². The Hall–Kier alpha value is -4.40. The Morgan fingerprint density at radius 1 is 1.00 bits per heavy atom. The first-order valence-electron chi connectivity index (χ1n) is 12.3. The fourth-order valence-electron chi connectivity index (χ4n) is 5.28. The highest BCUT2D eigenvalue weighted by molar-refractivity contribution is 6.28. The number of aromatic nitrogens is 1. The van der Waals surface area contributed by atoms with Crippen molar-refractivity contribution in [3.8, 4) is 11.3 Å². The lowest BCUT2D eigenvalue weighted by Gasteiger charge is -2.37. The molecule has 2 aliphatic rings. The maximum atomic E-state index is 14.3. The van der Waals surface area contributed by atoms with E-state index in [0.717, 1.165) is 5.69 Å². The minimum atomic E-state index is -0.863. The van der Waals surface area contributed by atoms with E-state index >= 15 is 0 Å². The van der Waals surface area contributed by atoms with Crippen LogP contribution in [0.2, 0.25) is 0 Å². The molecule has 6 rings (SSSR count). The van der Waals surface area contributed by atoms with Crippen LogP contribution >= 0.6 is 0 Å². The quantitative estimate of drug-likeness (QED) is 0.308. The van der Waals surface area contributed by atoms with Crippen LogP contribution in [-0.2, 0) is 4.79 Å². The molecule has 2 heterocycles. The smallest absolute Gasteiger partial charge is 0.303 e. The number of para-hydroxylation sites is 1. The van der Waals surface area contributed by atoms with Crippen molar-refractivity contribution in [1.29, 1.82) is 0 Å². The molecule has 8 nitrogen and oxygen atoms in total. The zero-order valence-corrected chi connectivity index (χ0v) is 20.0. The minimum absolute atomic E-state index is 0.0325. The van der Waals surface area contributed by atoms with Gasteiger partial charge in [-0.2, -0.15) is 0 Å². The highest BCUT2D eigenvalue weighted by Gasteiger charge is 2.34. The molecule has 1 aliphatic carbocycles. The van der Waals surface area contributed by atoms with E-state index in [1.54, 1.807) is 18.2 Å². The number of fused-ring (bicyclic) bond motifs is 2. The summed E-state index contributed by atoms with van der Waals surface area (Å²) in [5.74, 6) is -0.664. The van der Waals surface area contributed by atoms with Crippen molar-refractivity contribution in [3.63, 3.8) is 0 Å². The van der Waals surface area contributed by atoms with Gasteiger partial charge in [0.05, 0.1) is 22.3 Å². The van der Waals surface area contributed by atoms with Gasteiger partial charge < -0.3 is 24.7 Å².